The summed E-state index contributed by atoms with van der Waals surface area (Å²) in [5.74, 6) is 0.132. The Bertz CT molecular complexity index is 477. The first-order valence-electron chi connectivity index (χ1n) is 7.77. The lowest BCUT2D eigenvalue weighted by Gasteiger charge is -2.27. The molecule has 1 aliphatic rings. The maximum absolute atomic E-state index is 11.9. The van der Waals surface area contributed by atoms with E-state index in [1.165, 1.54) is 5.56 Å². The van der Waals surface area contributed by atoms with Gasteiger partial charge in [-0.3, -0.25) is 14.4 Å². The number of nitrogens with one attached hydrogen (secondary N) is 2. The summed E-state index contributed by atoms with van der Waals surface area (Å²) in [5.41, 5.74) is 3.39. The molecule has 0 spiro atoms. The van der Waals surface area contributed by atoms with E-state index in [1.54, 1.807) is 0 Å². The number of rotatable bonds is 6. The second kappa shape index (κ2) is 7.56. The molecule has 1 amide bonds. The molecule has 1 aromatic rings. The molecule has 1 aromatic heterocycles. The lowest BCUT2D eigenvalue weighted by Crippen LogP contribution is -2.46. The van der Waals surface area contributed by atoms with Crippen molar-refractivity contribution in [2.75, 3.05) is 39.3 Å². The van der Waals surface area contributed by atoms with Crippen molar-refractivity contribution in [1.29, 1.82) is 0 Å². The van der Waals surface area contributed by atoms with Gasteiger partial charge in [0, 0.05) is 58.4 Å². The number of hydrogen-bond acceptors (Lipinski definition) is 4. The normalized spacial score (nSPS) is 16.1. The molecule has 1 aliphatic heterocycles. The van der Waals surface area contributed by atoms with E-state index in [4.69, 9.17) is 0 Å². The van der Waals surface area contributed by atoms with Crippen molar-refractivity contribution in [3.8, 4) is 0 Å². The lowest BCUT2D eigenvalue weighted by molar-refractivity contribution is -0.121. The van der Waals surface area contributed by atoms with Crippen molar-refractivity contribution in [2.24, 2.45) is 7.05 Å². The van der Waals surface area contributed by atoms with Crippen molar-refractivity contribution in [3.05, 3.63) is 17.0 Å². The highest BCUT2D eigenvalue weighted by Crippen LogP contribution is 2.13. The van der Waals surface area contributed by atoms with Crippen molar-refractivity contribution in [3.63, 3.8) is 0 Å². The fraction of sp³-hybridized carbons (Fsp3) is 0.733. The number of carbonyl (C=O) groups is 1. The van der Waals surface area contributed by atoms with Crippen LogP contribution in [0.5, 0.6) is 0 Å². The third-order valence-corrected chi connectivity index (χ3v) is 4.22. The van der Waals surface area contributed by atoms with Gasteiger partial charge in [-0.2, -0.15) is 5.10 Å². The summed E-state index contributed by atoms with van der Waals surface area (Å²) in [6, 6.07) is 0. The standard InChI is InChI=1S/C15H27N5O/c1-12-14(13(2)19(3)18-12)4-5-15(21)17-8-11-20-9-6-16-7-10-20/h16H,4-11H2,1-3H3,(H,17,21). The molecule has 0 atom stereocenters. The average molecular weight is 293 g/mol. The van der Waals surface area contributed by atoms with Gasteiger partial charge in [-0.1, -0.05) is 0 Å². The molecule has 6 heteroatoms. The Morgan fingerprint density at radius 1 is 1.33 bits per heavy atom. The maximum atomic E-state index is 11.9. The van der Waals surface area contributed by atoms with Crippen LogP contribution in [-0.4, -0.2) is 59.9 Å². The zero-order valence-electron chi connectivity index (χ0n) is 13.4. The van der Waals surface area contributed by atoms with Gasteiger partial charge in [-0.25, -0.2) is 0 Å². The van der Waals surface area contributed by atoms with Gasteiger partial charge in [-0.15, -0.1) is 0 Å². The van der Waals surface area contributed by atoms with E-state index in [1.807, 2.05) is 18.7 Å². The average Bonchev–Trinajstić information content (AvgIpc) is 2.71. The van der Waals surface area contributed by atoms with Crippen LogP contribution >= 0.6 is 0 Å². The molecule has 0 aliphatic carbocycles. The van der Waals surface area contributed by atoms with Gasteiger partial charge in [0.2, 0.25) is 5.91 Å². The predicted octanol–water partition coefficient (Wildman–Crippen LogP) is -0.00906. The Hall–Kier alpha value is -1.40. The number of hydrogen-bond donors (Lipinski definition) is 2. The quantitative estimate of drug-likeness (QED) is 0.774. The monoisotopic (exact) mass is 293 g/mol. The number of nitrogens with zero attached hydrogens (tertiary/aromatic N) is 3. The molecule has 0 bridgehead atoms. The summed E-state index contributed by atoms with van der Waals surface area (Å²) in [7, 11) is 1.94. The zero-order valence-corrected chi connectivity index (χ0v) is 13.4. The van der Waals surface area contributed by atoms with Gasteiger partial charge < -0.3 is 10.6 Å². The van der Waals surface area contributed by atoms with Crippen LogP contribution in [0.2, 0.25) is 0 Å². The zero-order chi connectivity index (χ0) is 15.2. The molecular weight excluding hydrogens is 266 g/mol. The fourth-order valence-corrected chi connectivity index (χ4v) is 2.79. The van der Waals surface area contributed by atoms with Crippen LogP contribution in [0, 0.1) is 13.8 Å². The van der Waals surface area contributed by atoms with E-state index in [-0.39, 0.29) is 5.91 Å². The number of amides is 1. The van der Waals surface area contributed by atoms with Crippen LogP contribution in [0.15, 0.2) is 0 Å². The molecule has 0 aromatic carbocycles. The van der Waals surface area contributed by atoms with Crippen molar-refractivity contribution in [2.45, 2.75) is 26.7 Å². The molecule has 6 nitrogen and oxygen atoms in total. The van der Waals surface area contributed by atoms with E-state index in [0.717, 1.165) is 57.1 Å². The minimum Gasteiger partial charge on any atom is -0.355 e. The first kappa shape index (κ1) is 16.0. The molecule has 118 valence electrons. The largest absolute Gasteiger partial charge is 0.355 e. The SMILES string of the molecule is Cc1nn(C)c(C)c1CCC(=O)NCCN1CCNCC1. The van der Waals surface area contributed by atoms with Crippen LogP contribution in [-0.2, 0) is 18.3 Å². The molecule has 2 heterocycles. The van der Waals surface area contributed by atoms with Gasteiger partial charge in [0.1, 0.15) is 0 Å². The van der Waals surface area contributed by atoms with Gasteiger partial charge in [0.05, 0.1) is 5.69 Å². The van der Waals surface area contributed by atoms with Crippen molar-refractivity contribution < 1.29 is 4.79 Å². The van der Waals surface area contributed by atoms with E-state index in [0.29, 0.717) is 6.42 Å². The first-order valence-corrected chi connectivity index (χ1v) is 7.77. The van der Waals surface area contributed by atoms with Gasteiger partial charge in [-0.05, 0) is 25.8 Å². The highest BCUT2D eigenvalue weighted by Gasteiger charge is 2.12. The molecule has 2 N–H and O–H groups in total. The summed E-state index contributed by atoms with van der Waals surface area (Å²) in [5, 5.41) is 10.7. The topological polar surface area (TPSA) is 62.2 Å². The predicted molar refractivity (Wildman–Crippen MR) is 83.3 cm³/mol. The Morgan fingerprint density at radius 3 is 2.67 bits per heavy atom. The molecule has 21 heavy (non-hydrogen) atoms. The number of aryl methyl sites for hydroxylation is 2. The van der Waals surface area contributed by atoms with Crippen LogP contribution < -0.4 is 10.6 Å². The summed E-state index contributed by atoms with van der Waals surface area (Å²) >= 11 is 0. The summed E-state index contributed by atoms with van der Waals surface area (Å²) in [6.45, 7) is 9.99. The molecule has 1 saturated heterocycles. The highest BCUT2D eigenvalue weighted by molar-refractivity contribution is 5.76. The van der Waals surface area contributed by atoms with Gasteiger partial charge in [0.15, 0.2) is 0 Å². The van der Waals surface area contributed by atoms with E-state index in [2.05, 4.69) is 27.6 Å². The molecule has 0 unspecified atom stereocenters. The van der Waals surface area contributed by atoms with E-state index >= 15 is 0 Å². The van der Waals surface area contributed by atoms with E-state index < -0.39 is 0 Å². The maximum Gasteiger partial charge on any atom is 0.220 e. The van der Waals surface area contributed by atoms with E-state index in [9.17, 15) is 4.79 Å². The summed E-state index contributed by atoms with van der Waals surface area (Å²) in [6.07, 6.45) is 1.31. The fourth-order valence-electron chi connectivity index (χ4n) is 2.79. The molecule has 0 saturated carbocycles. The minimum atomic E-state index is 0.132. The second-order valence-electron chi connectivity index (χ2n) is 5.71. The summed E-state index contributed by atoms with van der Waals surface area (Å²) < 4.78 is 1.88. The molecule has 2 rings (SSSR count). The molecular formula is C15H27N5O. The Balaban J connectivity index is 1.67. The third-order valence-electron chi connectivity index (χ3n) is 4.22. The number of piperazine rings is 1. The smallest absolute Gasteiger partial charge is 0.220 e. The van der Waals surface area contributed by atoms with Crippen molar-refractivity contribution >= 4 is 5.91 Å². The third kappa shape index (κ3) is 4.54. The Kier molecular flexibility index (Phi) is 5.76. The Morgan fingerprint density at radius 2 is 2.05 bits per heavy atom. The van der Waals surface area contributed by atoms with Crippen molar-refractivity contribution in [1.82, 2.24) is 25.3 Å². The van der Waals surface area contributed by atoms with Crippen LogP contribution in [0.25, 0.3) is 0 Å². The van der Waals surface area contributed by atoms with Crippen LogP contribution in [0.3, 0.4) is 0 Å². The van der Waals surface area contributed by atoms with Gasteiger partial charge in [0.25, 0.3) is 0 Å². The minimum absolute atomic E-state index is 0.132. The lowest BCUT2D eigenvalue weighted by atomic mass is 10.1. The summed E-state index contributed by atoms with van der Waals surface area (Å²) in [4.78, 5) is 14.3. The van der Waals surface area contributed by atoms with Crippen LogP contribution in [0.4, 0.5) is 0 Å². The first-order chi connectivity index (χ1) is 10.1. The van der Waals surface area contributed by atoms with Crippen LogP contribution in [0.1, 0.15) is 23.4 Å². The molecule has 0 radical (unpaired) electrons. The molecule has 1 fully saturated rings. The number of aromatic nitrogens is 2. The van der Waals surface area contributed by atoms with Gasteiger partial charge >= 0.3 is 0 Å². The second-order valence-corrected chi connectivity index (χ2v) is 5.71. The Labute approximate surface area is 126 Å². The number of carbonyl (C=O) groups excluding carboxylic acids is 1. The highest BCUT2D eigenvalue weighted by atomic mass is 16.1.